The maximum absolute atomic E-state index is 12.7. The van der Waals surface area contributed by atoms with Gasteiger partial charge in [0.1, 0.15) is 5.82 Å². The number of nitrogens with one attached hydrogen (secondary N) is 1. The van der Waals surface area contributed by atoms with Gasteiger partial charge in [-0.3, -0.25) is 10.1 Å². The van der Waals surface area contributed by atoms with E-state index in [0.717, 1.165) is 11.4 Å². The summed E-state index contributed by atoms with van der Waals surface area (Å²) in [5, 5.41) is 16.8. The van der Waals surface area contributed by atoms with Crippen molar-refractivity contribution in [1.29, 1.82) is 0 Å². The Labute approximate surface area is 152 Å². The molecule has 1 unspecified atom stereocenters. The first-order chi connectivity index (χ1) is 12.3. The molecule has 0 spiro atoms. The number of carboxylic acid groups (broad SMARTS) is 1. The summed E-state index contributed by atoms with van der Waals surface area (Å²) in [4.78, 5) is 25.6. The van der Waals surface area contributed by atoms with E-state index in [1.807, 2.05) is 50.2 Å². The number of anilines is 1. The fourth-order valence-electron chi connectivity index (χ4n) is 3.03. The number of aliphatic carboxylic acids is 1. The van der Waals surface area contributed by atoms with Crippen LogP contribution < -0.4 is 5.32 Å². The predicted molar refractivity (Wildman–Crippen MR) is 98.6 cm³/mol. The van der Waals surface area contributed by atoms with Crippen LogP contribution in [0.5, 0.6) is 0 Å². The third kappa shape index (κ3) is 3.42. The number of hydrogen-bond acceptors (Lipinski definition) is 3. The van der Waals surface area contributed by atoms with Crippen LogP contribution in [0, 0.1) is 5.41 Å². The first-order valence-electron chi connectivity index (χ1n) is 8.75. The molecule has 2 amide bonds. The zero-order valence-electron chi connectivity index (χ0n) is 15.3. The third-order valence-corrected chi connectivity index (χ3v) is 4.83. The number of para-hydroxylation sites is 1. The Morgan fingerprint density at radius 2 is 1.96 bits per heavy atom. The SMILES string of the molecule is CC(C)c1cc(NC(=O)N2CCC(C)(C(=O)O)C2)n(-c2ccccc2)n1. The zero-order chi connectivity index (χ0) is 18.9. The van der Waals surface area contributed by atoms with Crippen molar-refractivity contribution in [3.05, 3.63) is 42.1 Å². The third-order valence-electron chi connectivity index (χ3n) is 4.83. The molecule has 1 fully saturated rings. The molecule has 2 heterocycles. The lowest BCUT2D eigenvalue weighted by atomic mass is 9.90. The summed E-state index contributed by atoms with van der Waals surface area (Å²) in [5.74, 6) is -0.0734. The maximum Gasteiger partial charge on any atom is 0.323 e. The van der Waals surface area contributed by atoms with Gasteiger partial charge in [0.05, 0.1) is 16.8 Å². The minimum absolute atomic E-state index is 0.199. The van der Waals surface area contributed by atoms with Crippen molar-refractivity contribution in [2.24, 2.45) is 5.41 Å². The van der Waals surface area contributed by atoms with E-state index in [4.69, 9.17) is 0 Å². The van der Waals surface area contributed by atoms with E-state index < -0.39 is 11.4 Å². The molecule has 1 aromatic heterocycles. The molecule has 1 aromatic carbocycles. The van der Waals surface area contributed by atoms with Crippen molar-refractivity contribution < 1.29 is 14.7 Å². The Balaban J connectivity index is 1.83. The number of rotatable bonds is 4. The van der Waals surface area contributed by atoms with Gasteiger partial charge in [-0.1, -0.05) is 32.0 Å². The van der Waals surface area contributed by atoms with Crippen molar-refractivity contribution >= 4 is 17.8 Å². The highest BCUT2D eigenvalue weighted by Crippen LogP contribution is 2.31. The van der Waals surface area contributed by atoms with E-state index in [0.29, 0.717) is 18.8 Å². The zero-order valence-corrected chi connectivity index (χ0v) is 15.3. The van der Waals surface area contributed by atoms with Crippen molar-refractivity contribution in [1.82, 2.24) is 14.7 Å². The lowest BCUT2D eigenvalue weighted by Crippen LogP contribution is -2.37. The Morgan fingerprint density at radius 1 is 1.27 bits per heavy atom. The van der Waals surface area contributed by atoms with Gasteiger partial charge in [0.2, 0.25) is 0 Å². The molecule has 7 nitrogen and oxygen atoms in total. The highest BCUT2D eigenvalue weighted by atomic mass is 16.4. The maximum atomic E-state index is 12.7. The number of carbonyl (C=O) groups excluding carboxylic acids is 1. The summed E-state index contributed by atoms with van der Waals surface area (Å²) >= 11 is 0. The monoisotopic (exact) mass is 356 g/mol. The Bertz CT molecular complexity index is 815. The van der Waals surface area contributed by atoms with Crippen LogP contribution in [-0.4, -0.2) is 44.9 Å². The minimum atomic E-state index is -0.889. The first-order valence-corrected chi connectivity index (χ1v) is 8.75. The van der Waals surface area contributed by atoms with E-state index in [2.05, 4.69) is 10.4 Å². The molecule has 1 aliphatic heterocycles. The van der Waals surface area contributed by atoms with Crippen LogP contribution in [0.3, 0.4) is 0 Å². The van der Waals surface area contributed by atoms with E-state index in [1.165, 1.54) is 0 Å². The number of benzene rings is 1. The van der Waals surface area contributed by atoms with Gasteiger partial charge in [0, 0.05) is 19.2 Å². The fourth-order valence-corrected chi connectivity index (χ4v) is 3.03. The number of carbonyl (C=O) groups is 2. The highest BCUT2D eigenvalue weighted by molar-refractivity contribution is 5.90. The highest BCUT2D eigenvalue weighted by Gasteiger charge is 2.42. The molecule has 26 heavy (non-hydrogen) atoms. The second kappa shape index (κ2) is 6.82. The molecule has 1 saturated heterocycles. The average molecular weight is 356 g/mol. The molecule has 1 atom stereocenters. The molecule has 0 bridgehead atoms. The number of likely N-dealkylation sites (tertiary alicyclic amines) is 1. The van der Waals surface area contributed by atoms with Gasteiger partial charge in [-0.15, -0.1) is 0 Å². The number of nitrogens with zero attached hydrogens (tertiary/aromatic N) is 3. The second-order valence-corrected chi connectivity index (χ2v) is 7.32. The fraction of sp³-hybridized carbons (Fsp3) is 0.421. The lowest BCUT2D eigenvalue weighted by molar-refractivity contribution is -0.146. The molecule has 2 N–H and O–H groups in total. The van der Waals surface area contributed by atoms with Crippen LogP contribution in [0.4, 0.5) is 10.6 Å². The van der Waals surface area contributed by atoms with E-state index >= 15 is 0 Å². The lowest BCUT2D eigenvalue weighted by Gasteiger charge is -2.20. The van der Waals surface area contributed by atoms with Gasteiger partial charge in [-0.05, 0) is 31.4 Å². The van der Waals surface area contributed by atoms with Crippen LogP contribution in [0.2, 0.25) is 0 Å². The number of urea groups is 1. The van der Waals surface area contributed by atoms with Gasteiger partial charge in [0.25, 0.3) is 0 Å². The minimum Gasteiger partial charge on any atom is -0.481 e. The van der Waals surface area contributed by atoms with Crippen LogP contribution in [0.25, 0.3) is 5.69 Å². The van der Waals surface area contributed by atoms with Crippen LogP contribution in [-0.2, 0) is 4.79 Å². The molecule has 7 heteroatoms. The molecule has 2 aromatic rings. The molecule has 0 aliphatic carbocycles. The Morgan fingerprint density at radius 3 is 2.54 bits per heavy atom. The summed E-state index contributed by atoms with van der Waals surface area (Å²) in [6.45, 7) is 6.38. The number of carboxylic acids is 1. The predicted octanol–water partition coefficient (Wildman–Crippen LogP) is 3.32. The van der Waals surface area contributed by atoms with Gasteiger partial charge >= 0.3 is 12.0 Å². The van der Waals surface area contributed by atoms with Crippen LogP contribution in [0.15, 0.2) is 36.4 Å². The molecule has 0 radical (unpaired) electrons. The quantitative estimate of drug-likeness (QED) is 0.880. The summed E-state index contributed by atoms with van der Waals surface area (Å²) in [7, 11) is 0. The molecular formula is C19H24N4O3. The van der Waals surface area contributed by atoms with E-state index in [1.54, 1.807) is 16.5 Å². The van der Waals surface area contributed by atoms with Crippen molar-refractivity contribution in [2.75, 3.05) is 18.4 Å². The molecule has 0 saturated carbocycles. The molecule has 138 valence electrons. The smallest absolute Gasteiger partial charge is 0.323 e. The van der Waals surface area contributed by atoms with E-state index in [9.17, 15) is 14.7 Å². The summed E-state index contributed by atoms with van der Waals surface area (Å²) in [6.07, 6.45) is 0.449. The van der Waals surface area contributed by atoms with Crippen LogP contribution in [0.1, 0.15) is 38.8 Å². The van der Waals surface area contributed by atoms with Gasteiger partial charge < -0.3 is 10.0 Å². The normalized spacial score (nSPS) is 19.8. The number of amides is 2. The Hall–Kier alpha value is -2.83. The van der Waals surface area contributed by atoms with Gasteiger partial charge in [-0.2, -0.15) is 5.10 Å². The number of hydrogen-bond donors (Lipinski definition) is 2. The summed E-state index contributed by atoms with van der Waals surface area (Å²) < 4.78 is 1.71. The van der Waals surface area contributed by atoms with Crippen molar-refractivity contribution in [2.45, 2.75) is 33.1 Å². The van der Waals surface area contributed by atoms with Gasteiger partial charge in [0.15, 0.2) is 0 Å². The first kappa shape index (κ1) is 18.0. The topological polar surface area (TPSA) is 87.5 Å². The average Bonchev–Trinajstić information content (AvgIpc) is 3.21. The Kier molecular flexibility index (Phi) is 4.71. The van der Waals surface area contributed by atoms with Crippen molar-refractivity contribution in [3.63, 3.8) is 0 Å². The second-order valence-electron chi connectivity index (χ2n) is 7.32. The standard InChI is InChI=1S/C19H24N4O3/c1-13(2)15-11-16(23(21-15)14-7-5-4-6-8-14)20-18(26)22-10-9-19(3,12-22)17(24)25/h4-8,11,13H,9-10,12H2,1-3H3,(H,20,26)(H,24,25). The summed E-state index contributed by atoms with van der Waals surface area (Å²) in [6, 6.07) is 11.1. The summed E-state index contributed by atoms with van der Waals surface area (Å²) in [5.41, 5.74) is 0.840. The van der Waals surface area contributed by atoms with Crippen LogP contribution >= 0.6 is 0 Å². The molecular weight excluding hydrogens is 332 g/mol. The molecule has 3 rings (SSSR count). The van der Waals surface area contributed by atoms with Gasteiger partial charge in [-0.25, -0.2) is 9.48 Å². The van der Waals surface area contributed by atoms with E-state index in [-0.39, 0.29) is 18.5 Å². The number of aromatic nitrogens is 2. The van der Waals surface area contributed by atoms with Crippen molar-refractivity contribution in [3.8, 4) is 5.69 Å². The molecule has 1 aliphatic rings. The largest absolute Gasteiger partial charge is 0.481 e.